The zero-order valence-electron chi connectivity index (χ0n) is 19.3. The highest BCUT2D eigenvalue weighted by atomic mass is 32.1. The van der Waals surface area contributed by atoms with E-state index in [-0.39, 0.29) is 0 Å². The summed E-state index contributed by atoms with van der Waals surface area (Å²) in [4.78, 5) is 14.0. The van der Waals surface area contributed by atoms with Gasteiger partial charge < -0.3 is 20.1 Å². The quantitative estimate of drug-likeness (QED) is 0.399. The van der Waals surface area contributed by atoms with Gasteiger partial charge in [0.05, 0.1) is 17.7 Å². The summed E-state index contributed by atoms with van der Waals surface area (Å²) in [6, 6.07) is 12.7. The van der Waals surface area contributed by atoms with E-state index in [1.807, 2.05) is 31.3 Å². The van der Waals surface area contributed by atoms with Gasteiger partial charge in [-0.25, -0.2) is 4.79 Å². The fourth-order valence-corrected chi connectivity index (χ4v) is 2.88. The van der Waals surface area contributed by atoms with Crippen molar-refractivity contribution < 1.29 is 27.4 Å². The van der Waals surface area contributed by atoms with Crippen LogP contribution in [0, 0.1) is 0 Å². The first-order valence-electron chi connectivity index (χ1n) is 10.4. The molecule has 2 rings (SSSR count). The Kier molecular flexibility index (Phi) is 11.3. The summed E-state index contributed by atoms with van der Waals surface area (Å²) in [6.45, 7) is 6.68. The van der Waals surface area contributed by atoms with Gasteiger partial charge in [-0.1, -0.05) is 36.5 Å². The van der Waals surface area contributed by atoms with Crippen molar-refractivity contribution in [1.82, 2.24) is 4.90 Å². The molecule has 0 aromatic heterocycles. The highest BCUT2D eigenvalue weighted by molar-refractivity contribution is 7.78. The summed E-state index contributed by atoms with van der Waals surface area (Å²) in [5.41, 5.74) is 5.84. The second kappa shape index (κ2) is 13.2. The topological polar surface area (TPSA) is 64.8 Å². The minimum absolute atomic E-state index is 0.296. The third kappa shape index (κ3) is 10.2. The van der Waals surface area contributed by atoms with Crippen LogP contribution in [0.1, 0.15) is 37.5 Å². The molecule has 0 saturated carbocycles. The largest absolute Gasteiger partial charge is 0.476 e. The summed E-state index contributed by atoms with van der Waals surface area (Å²) in [6.07, 6.45) is -3.54. The fraction of sp³-hybridized carbons (Fsp3) is 0.417. The Balaban J connectivity index is 0.00000172. The number of alkyl halides is 3. The van der Waals surface area contributed by atoms with Gasteiger partial charge in [0.2, 0.25) is 0 Å². The molecule has 0 fully saturated rings. The molecule has 33 heavy (non-hydrogen) atoms. The molecule has 0 spiro atoms. The number of hydrogen-bond donors (Lipinski definition) is 1. The predicted octanol–water partition coefficient (Wildman–Crippen LogP) is 5.00. The Bertz CT molecular complexity index is 870. The average Bonchev–Trinajstić information content (AvgIpc) is 2.73. The van der Waals surface area contributed by atoms with Crippen molar-refractivity contribution in [2.75, 3.05) is 20.2 Å². The molecule has 2 N–H and O–H groups in total. The lowest BCUT2D eigenvalue weighted by atomic mass is 10.1. The minimum atomic E-state index is -4.31. The Morgan fingerprint density at radius 1 is 1.06 bits per heavy atom. The van der Waals surface area contributed by atoms with Crippen molar-refractivity contribution in [2.45, 2.75) is 45.5 Å². The molecule has 0 saturated heterocycles. The second-order valence-corrected chi connectivity index (χ2v) is 8.07. The number of esters is 1. The van der Waals surface area contributed by atoms with E-state index in [4.69, 9.17) is 9.47 Å². The van der Waals surface area contributed by atoms with Gasteiger partial charge in [0, 0.05) is 13.1 Å². The highest BCUT2D eigenvalue weighted by Gasteiger charge is 2.31. The summed E-state index contributed by atoms with van der Waals surface area (Å²) >= 11 is 4.05. The Morgan fingerprint density at radius 3 is 2.06 bits per heavy atom. The number of nitrogens with zero attached hydrogens (tertiary/aromatic N) is 1. The maximum absolute atomic E-state index is 12.6. The van der Waals surface area contributed by atoms with Gasteiger partial charge in [-0.2, -0.15) is 13.2 Å². The van der Waals surface area contributed by atoms with Crippen LogP contribution in [0.5, 0.6) is 5.75 Å². The molecule has 182 valence electrons. The van der Waals surface area contributed by atoms with E-state index in [1.165, 1.54) is 12.1 Å². The Hall–Kier alpha value is -2.65. The molecule has 0 heterocycles. The van der Waals surface area contributed by atoms with Crippen molar-refractivity contribution in [3.05, 3.63) is 65.2 Å². The normalized spacial score (nSPS) is 11.4. The van der Waals surface area contributed by atoms with Gasteiger partial charge in [0.1, 0.15) is 5.75 Å². The first-order valence-corrected chi connectivity index (χ1v) is 10.8. The van der Waals surface area contributed by atoms with Crippen molar-refractivity contribution in [1.29, 1.82) is 0 Å². The van der Waals surface area contributed by atoms with Crippen molar-refractivity contribution in [3.63, 3.8) is 0 Å². The lowest BCUT2D eigenvalue weighted by Crippen LogP contribution is -2.39. The van der Waals surface area contributed by atoms with Crippen LogP contribution < -0.4 is 10.5 Å². The van der Waals surface area contributed by atoms with Crippen LogP contribution in [-0.4, -0.2) is 42.2 Å². The number of thiocarbonyl (C=S) groups is 1. The monoisotopic (exact) mass is 484 g/mol. The number of nitrogens with two attached hydrogens (primary N) is 1. The molecule has 0 bridgehead atoms. The molecule has 2 aromatic carbocycles. The van der Waals surface area contributed by atoms with Crippen LogP contribution in [-0.2, 0) is 28.7 Å². The van der Waals surface area contributed by atoms with Gasteiger partial charge in [0.25, 0.3) is 0 Å². The van der Waals surface area contributed by atoms with E-state index >= 15 is 0 Å². The van der Waals surface area contributed by atoms with Crippen LogP contribution in [0.4, 0.5) is 13.2 Å². The van der Waals surface area contributed by atoms with E-state index in [2.05, 4.69) is 22.9 Å². The third-order valence-corrected chi connectivity index (χ3v) is 4.58. The molecule has 0 aliphatic rings. The van der Waals surface area contributed by atoms with Crippen molar-refractivity contribution in [3.8, 4) is 5.75 Å². The summed E-state index contributed by atoms with van der Waals surface area (Å²) in [5, 5.41) is 0. The van der Waals surface area contributed by atoms with Crippen molar-refractivity contribution >= 4 is 23.7 Å². The lowest BCUT2D eigenvalue weighted by molar-refractivity contribution is -0.158. The van der Waals surface area contributed by atoms with E-state index < -0.39 is 23.3 Å². The molecule has 0 aliphatic carbocycles. The number of ether oxygens (including phenoxy) is 2. The second-order valence-electron chi connectivity index (χ2n) is 7.80. The molecule has 2 aromatic rings. The van der Waals surface area contributed by atoms with E-state index in [1.54, 1.807) is 20.8 Å². The van der Waals surface area contributed by atoms with Gasteiger partial charge in [0.15, 0.2) is 5.60 Å². The summed E-state index contributed by atoms with van der Waals surface area (Å²) in [5.74, 6) is 0.161. The van der Waals surface area contributed by atoms with Crippen LogP contribution >= 0.6 is 12.2 Å². The SMILES string of the molecule is CCOC(=O)C(C)(C)Oc1ccc(CCN(C)Cc2ccc(C(F)(F)F)cc2)cc1.NC=S. The van der Waals surface area contributed by atoms with E-state index in [0.29, 0.717) is 18.9 Å². The number of rotatable bonds is 9. The number of benzene rings is 2. The van der Waals surface area contributed by atoms with Gasteiger partial charge >= 0.3 is 12.1 Å². The van der Waals surface area contributed by atoms with Crippen LogP contribution in [0.3, 0.4) is 0 Å². The first kappa shape index (κ1) is 28.4. The van der Waals surface area contributed by atoms with Crippen LogP contribution in [0.2, 0.25) is 0 Å². The fourth-order valence-electron chi connectivity index (χ4n) is 2.88. The Morgan fingerprint density at radius 2 is 1.58 bits per heavy atom. The molecular formula is C24H31F3N2O3S. The summed E-state index contributed by atoms with van der Waals surface area (Å²) in [7, 11) is 1.93. The number of carbonyl (C=O) groups excluding carboxylic acids is 1. The zero-order valence-corrected chi connectivity index (χ0v) is 20.1. The third-order valence-electron chi connectivity index (χ3n) is 4.58. The number of carbonyl (C=O) groups is 1. The predicted molar refractivity (Wildman–Crippen MR) is 127 cm³/mol. The number of halogens is 3. The number of hydrogen-bond acceptors (Lipinski definition) is 5. The zero-order chi connectivity index (χ0) is 25.1. The highest BCUT2D eigenvalue weighted by Crippen LogP contribution is 2.29. The minimum Gasteiger partial charge on any atom is -0.476 e. The number of likely N-dealkylation sites (N-methyl/N-ethyl adjacent to an activating group) is 1. The van der Waals surface area contributed by atoms with Gasteiger partial charge in [-0.05, 0) is 69.6 Å². The molecule has 0 aliphatic heterocycles. The summed E-state index contributed by atoms with van der Waals surface area (Å²) < 4.78 is 48.7. The molecular weight excluding hydrogens is 453 g/mol. The maximum atomic E-state index is 12.6. The molecule has 0 unspecified atom stereocenters. The molecule has 0 radical (unpaired) electrons. The van der Waals surface area contributed by atoms with Crippen LogP contribution in [0.15, 0.2) is 48.5 Å². The van der Waals surface area contributed by atoms with E-state index in [9.17, 15) is 18.0 Å². The Labute approximate surface area is 198 Å². The smallest absolute Gasteiger partial charge is 0.416 e. The molecule has 0 atom stereocenters. The maximum Gasteiger partial charge on any atom is 0.416 e. The molecule has 0 amide bonds. The molecule has 5 nitrogen and oxygen atoms in total. The molecule has 9 heteroatoms. The standard InChI is InChI=1S/C23H28F3NO3.CH3NS/c1-5-29-21(28)22(2,3)30-20-12-8-17(9-13-20)14-15-27(4)16-18-6-10-19(11-7-18)23(24,25)26;2-1-3/h6-13H,5,14-16H2,1-4H3;1H,(H2,2,3). The van der Waals surface area contributed by atoms with E-state index in [0.717, 1.165) is 41.7 Å². The average molecular weight is 485 g/mol. The van der Waals surface area contributed by atoms with Gasteiger partial charge in [-0.15, -0.1) is 0 Å². The van der Waals surface area contributed by atoms with Crippen molar-refractivity contribution in [2.24, 2.45) is 5.73 Å². The lowest BCUT2D eigenvalue weighted by Gasteiger charge is -2.24. The van der Waals surface area contributed by atoms with Crippen LogP contribution in [0.25, 0.3) is 0 Å². The van der Waals surface area contributed by atoms with Gasteiger partial charge in [-0.3, -0.25) is 0 Å². The first-order chi connectivity index (χ1) is 15.4.